The Morgan fingerprint density at radius 2 is 1.50 bits per heavy atom. The van der Waals surface area contributed by atoms with Crippen molar-refractivity contribution in [2.75, 3.05) is 6.61 Å². The molecule has 0 heterocycles. The summed E-state index contributed by atoms with van der Waals surface area (Å²) in [6.45, 7) is 2.90. The van der Waals surface area contributed by atoms with Crippen molar-refractivity contribution < 1.29 is 44.8 Å². The molecular weight excluding hydrogens is 135 g/mol. The molecule has 0 aromatic heterocycles. The van der Waals surface area contributed by atoms with E-state index in [4.69, 9.17) is 15.0 Å². The van der Waals surface area contributed by atoms with E-state index in [0.29, 0.717) is 0 Å². The summed E-state index contributed by atoms with van der Waals surface area (Å²) >= 11 is 0. The average molecular weight is 148 g/mol. The molecule has 0 saturated carbocycles. The number of rotatable bonds is 0. The number of carboxylic acids is 1. The van der Waals surface area contributed by atoms with Crippen LogP contribution in [0.5, 0.6) is 0 Å². The first-order valence-corrected chi connectivity index (χ1v) is 1.93. The molecule has 0 spiro atoms. The van der Waals surface area contributed by atoms with E-state index in [1.165, 1.54) is 0 Å². The van der Waals surface area contributed by atoms with E-state index in [1.54, 1.807) is 6.92 Å². The van der Waals surface area contributed by atoms with Gasteiger partial charge in [0.2, 0.25) is 0 Å². The maximum atomic E-state index is 8.89. The molecule has 0 aliphatic rings. The Bertz CT molecular complexity index is 44.9. The summed E-state index contributed by atoms with van der Waals surface area (Å²) in [5.41, 5.74) is 0. The Kier molecular flexibility index (Phi) is 118. The van der Waals surface area contributed by atoms with Gasteiger partial charge in [0.1, 0.15) is 0 Å². The van der Waals surface area contributed by atoms with Crippen LogP contribution in [0.15, 0.2) is 0 Å². The molecule has 5 N–H and O–H groups in total. The third-order valence-corrected chi connectivity index (χ3v) is 0. The second kappa shape index (κ2) is 36.3. The molecule has 5 nitrogen and oxygen atoms in total. The van der Waals surface area contributed by atoms with Gasteiger partial charge in [-0.25, -0.2) is 0 Å². The van der Waals surface area contributed by atoms with Crippen molar-refractivity contribution in [2.45, 2.75) is 13.8 Å². The molecule has 0 aliphatic heterocycles. The normalized spacial score (nSPS) is 4.30. The fourth-order valence-corrected chi connectivity index (χ4v) is 0. The van der Waals surface area contributed by atoms with Gasteiger partial charge in [-0.2, -0.15) is 0 Å². The Hall–Kier alpha value is -0.0526. The molecule has 0 bridgehead atoms. The molecule has 0 saturated heterocycles. The van der Waals surface area contributed by atoms with Crippen LogP contribution in [0.4, 0.5) is 0 Å². The third kappa shape index (κ3) is 139000. The molecule has 0 aliphatic carbocycles. The van der Waals surface area contributed by atoms with Gasteiger partial charge >= 0.3 is 18.9 Å². The number of carbonyl (C=O) groups is 1. The number of hydrogen-bond donors (Lipinski definition) is 1. The quantitative estimate of drug-likeness (QED) is 0.344. The summed E-state index contributed by atoms with van der Waals surface area (Å²) in [6, 6.07) is 0. The van der Waals surface area contributed by atoms with Crippen molar-refractivity contribution in [3.63, 3.8) is 0 Å². The van der Waals surface area contributed by atoms with Crippen molar-refractivity contribution in [3.8, 4) is 0 Å². The van der Waals surface area contributed by atoms with E-state index in [9.17, 15) is 0 Å². The summed E-state index contributed by atoms with van der Waals surface area (Å²) in [7, 11) is 0. The van der Waals surface area contributed by atoms with Gasteiger partial charge < -0.3 is 26.0 Å². The minimum absolute atomic E-state index is 0. The Morgan fingerprint density at radius 1 is 1.50 bits per heavy atom. The van der Waals surface area contributed by atoms with Crippen LogP contribution in [0.2, 0.25) is 0 Å². The number of carbonyl (C=O) groups excluding carboxylic acids is 1. The molecule has 0 fully saturated rings. The van der Waals surface area contributed by atoms with Crippen LogP contribution in [0.3, 0.4) is 0 Å². The first kappa shape index (κ1) is 32.5. The molecule has 10 heavy (non-hydrogen) atoms. The zero-order chi connectivity index (χ0) is 6.28. The van der Waals surface area contributed by atoms with Crippen LogP contribution in [0, 0.1) is 0 Å². The number of aliphatic carboxylic acids is 1. The molecule has 0 aromatic carbocycles. The molecule has 0 amide bonds. The summed E-state index contributed by atoms with van der Waals surface area (Å²) in [5, 5.41) is 16.5. The summed E-state index contributed by atoms with van der Waals surface area (Å²) in [4.78, 5) is 8.89. The molecule has 0 aromatic rings. The second-order valence-electron chi connectivity index (χ2n) is 0.808. The fraction of sp³-hybridized carbons (Fsp3) is 0.750. The maximum absolute atomic E-state index is 8.89. The van der Waals surface area contributed by atoms with Crippen LogP contribution < -0.4 is 24.0 Å². The van der Waals surface area contributed by atoms with Crippen molar-refractivity contribution in [1.29, 1.82) is 0 Å². The predicted octanol–water partition coefficient (Wildman–Crippen LogP) is -5.89. The SMILES string of the molecule is CC(=O)[O-].CCO.O.O.[Li+]. The van der Waals surface area contributed by atoms with Crippen LogP contribution in [-0.2, 0) is 4.79 Å². The molecule has 0 radical (unpaired) electrons. The summed E-state index contributed by atoms with van der Waals surface area (Å²) in [5.74, 6) is -1.08. The van der Waals surface area contributed by atoms with Gasteiger partial charge in [-0.15, -0.1) is 0 Å². The zero-order valence-electron chi connectivity index (χ0n) is 6.47. The van der Waals surface area contributed by atoms with Crippen LogP contribution in [0.1, 0.15) is 13.8 Å². The van der Waals surface area contributed by atoms with Crippen molar-refractivity contribution >= 4 is 5.97 Å². The van der Waals surface area contributed by atoms with E-state index in [0.717, 1.165) is 6.92 Å². The maximum Gasteiger partial charge on any atom is 1.00 e. The standard InChI is InChI=1S/C2H4O2.C2H6O.Li.2H2O/c1-2(3)4;1-2-3;;;/h1H3,(H,3,4);3H,2H2,1H3;;2*1H2/q;;+1;;/p-1. The smallest absolute Gasteiger partial charge is 0.550 e. The molecule has 0 rings (SSSR count). The average Bonchev–Trinajstić information content (AvgIpc) is 1.33. The molecule has 60 valence electrons. The van der Waals surface area contributed by atoms with Gasteiger partial charge in [0, 0.05) is 12.6 Å². The van der Waals surface area contributed by atoms with E-state index in [-0.39, 0.29) is 36.4 Å². The van der Waals surface area contributed by atoms with Crippen molar-refractivity contribution in [3.05, 3.63) is 0 Å². The van der Waals surface area contributed by atoms with E-state index < -0.39 is 5.97 Å². The van der Waals surface area contributed by atoms with Gasteiger partial charge in [0.25, 0.3) is 0 Å². The van der Waals surface area contributed by atoms with Gasteiger partial charge in [-0.3, -0.25) is 0 Å². The number of carboxylic acid groups (broad SMARTS) is 1. The molecule has 0 atom stereocenters. The molecule has 0 unspecified atom stereocenters. The minimum Gasteiger partial charge on any atom is -0.550 e. The molecule has 6 heteroatoms. The fourth-order valence-electron chi connectivity index (χ4n) is 0. The van der Waals surface area contributed by atoms with Crippen LogP contribution >= 0.6 is 0 Å². The zero-order valence-corrected chi connectivity index (χ0v) is 6.47. The van der Waals surface area contributed by atoms with Crippen LogP contribution in [-0.4, -0.2) is 28.6 Å². The first-order chi connectivity index (χ1) is 3.15. The number of aliphatic hydroxyl groups is 1. The van der Waals surface area contributed by atoms with E-state index in [1.807, 2.05) is 0 Å². The van der Waals surface area contributed by atoms with Gasteiger partial charge in [0.15, 0.2) is 0 Å². The minimum atomic E-state index is -1.08. The Balaban J connectivity index is -0.0000000131. The second-order valence-corrected chi connectivity index (χ2v) is 0.808. The largest absolute Gasteiger partial charge is 1.00 e. The van der Waals surface area contributed by atoms with Gasteiger partial charge in [-0.1, -0.05) is 0 Å². The van der Waals surface area contributed by atoms with Gasteiger partial charge in [0.05, 0.1) is 0 Å². The molecular formula is C4H13LiO5. The predicted molar refractivity (Wildman–Crippen MR) is 30.7 cm³/mol. The number of aliphatic hydroxyl groups excluding tert-OH is 1. The monoisotopic (exact) mass is 148 g/mol. The van der Waals surface area contributed by atoms with Crippen molar-refractivity contribution in [1.82, 2.24) is 0 Å². The summed E-state index contributed by atoms with van der Waals surface area (Å²) < 4.78 is 0. The van der Waals surface area contributed by atoms with Crippen molar-refractivity contribution in [2.24, 2.45) is 0 Å². The van der Waals surface area contributed by atoms with Gasteiger partial charge in [-0.05, 0) is 13.8 Å². The summed E-state index contributed by atoms with van der Waals surface area (Å²) in [6.07, 6.45) is 0. The first-order valence-electron chi connectivity index (χ1n) is 1.93. The van der Waals surface area contributed by atoms with E-state index >= 15 is 0 Å². The third-order valence-electron chi connectivity index (χ3n) is 0. The Labute approximate surface area is 71.8 Å². The Morgan fingerprint density at radius 3 is 1.50 bits per heavy atom. The van der Waals surface area contributed by atoms with Crippen LogP contribution in [0.25, 0.3) is 0 Å². The topological polar surface area (TPSA) is 123 Å². The number of hydrogen-bond acceptors (Lipinski definition) is 3. The van der Waals surface area contributed by atoms with E-state index in [2.05, 4.69) is 0 Å².